The fraction of sp³-hybridized carbons (Fsp3) is 0.273. The maximum absolute atomic E-state index is 11.1. The van der Waals surface area contributed by atoms with Crippen LogP contribution in [0.1, 0.15) is 29.5 Å². The zero-order valence-electron chi connectivity index (χ0n) is 8.92. The summed E-state index contributed by atoms with van der Waals surface area (Å²) in [7, 11) is 0. The first-order valence-electron chi connectivity index (χ1n) is 4.72. The molecule has 6 heteroatoms. The number of carboxylic acid groups (broad SMARTS) is 1. The summed E-state index contributed by atoms with van der Waals surface area (Å²) in [6, 6.07) is 4.37. The molecule has 0 saturated carbocycles. The largest absolute Gasteiger partial charge is 0.479 e. The number of hydrogen-bond donors (Lipinski definition) is 3. The molecule has 0 fully saturated rings. The van der Waals surface area contributed by atoms with Gasteiger partial charge < -0.3 is 10.2 Å². The van der Waals surface area contributed by atoms with E-state index < -0.39 is 17.5 Å². The Morgan fingerprint density at radius 2 is 2.00 bits per heavy atom. The van der Waals surface area contributed by atoms with Crippen LogP contribution in [0.4, 0.5) is 0 Å². The molecule has 1 rings (SSSR count). The van der Waals surface area contributed by atoms with Crippen molar-refractivity contribution in [3.8, 4) is 0 Å². The van der Waals surface area contributed by atoms with Gasteiger partial charge in [0.15, 0.2) is 11.9 Å². The molecule has 2 unspecified atom stereocenters. The van der Waals surface area contributed by atoms with Gasteiger partial charge in [-0.05, 0) is 18.6 Å². The number of halogens is 1. The minimum atomic E-state index is -1.64. The number of carbonyl (C=O) groups is 2. The Balaban J connectivity index is 3.10. The third-order valence-electron chi connectivity index (χ3n) is 2.23. The van der Waals surface area contributed by atoms with Crippen molar-refractivity contribution in [2.75, 3.05) is 0 Å². The molecule has 2 atom stereocenters. The maximum atomic E-state index is 11.1. The van der Waals surface area contributed by atoms with E-state index in [1.54, 1.807) is 0 Å². The van der Waals surface area contributed by atoms with Crippen LogP contribution in [0, 0.1) is 0 Å². The minimum Gasteiger partial charge on any atom is -0.479 e. The van der Waals surface area contributed by atoms with E-state index in [-0.39, 0.29) is 16.2 Å². The first kappa shape index (κ1) is 14.0. The van der Waals surface area contributed by atoms with Crippen LogP contribution >= 0.6 is 24.2 Å². The second-order valence-electron chi connectivity index (χ2n) is 3.53. The number of hydrogen-bond acceptors (Lipinski definition) is 4. The Morgan fingerprint density at radius 3 is 2.41 bits per heavy atom. The van der Waals surface area contributed by atoms with E-state index in [4.69, 9.17) is 16.7 Å². The standard InChI is InChI=1S/C11H11ClO4S/c1-5(13)9(12)6-2-3-7(8(17)4-6)10(14)11(15)16/h2-4,9-10,14,17H,1H3,(H,15,16). The quantitative estimate of drug-likeness (QED) is 0.580. The lowest BCUT2D eigenvalue weighted by molar-refractivity contribution is -0.147. The monoisotopic (exact) mass is 274 g/mol. The van der Waals surface area contributed by atoms with Crippen molar-refractivity contribution in [1.29, 1.82) is 0 Å². The number of benzene rings is 1. The predicted molar refractivity (Wildman–Crippen MR) is 65.6 cm³/mol. The molecule has 1 aromatic carbocycles. The lowest BCUT2D eigenvalue weighted by atomic mass is 10.0. The number of carbonyl (C=O) groups excluding carboxylic acids is 1. The Hall–Kier alpha value is -1.04. The van der Waals surface area contributed by atoms with Gasteiger partial charge in [0.05, 0.1) is 0 Å². The topological polar surface area (TPSA) is 74.6 Å². The van der Waals surface area contributed by atoms with Crippen molar-refractivity contribution in [3.05, 3.63) is 29.3 Å². The third-order valence-corrected chi connectivity index (χ3v) is 3.18. The van der Waals surface area contributed by atoms with E-state index in [9.17, 15) is 14.7 Å². The Bertz CT molecular complexity index is 461. The molecule has 0 saturated heterocycles. The van der Waals surface area contributed by atoms with Gasteiger partial charge in [-0.3, -0.25) is 4.79 Å². The number of carboxylic acids is 1. The molecule has 0 heterocycles. The molecule has 0 radical (unpaired) electrons. The van der Waals surface area contributed by atoms with Gasteiger partial charge >= 0.3 is 5.97 Å². The number of aliphatic carboxylic acids is 1. The summed E-state index contributed by atoms with van der Waals surface area (Å²) >= 11 is 9.92. The fourth-order valence-corrected chi connectivity index (χ4v) is 1.80. The summed E-state index contributed by atoms with van der Waals surface area (Å²) in [6.45, 7) is 1.36. The lowest BCUT2D eigenvalue weighted by Crippen LogP contribution is -2.11. The second-order valence-corrected chi connectivity index (χ2v) is 4.45. The van der Waals surface area contributed by atoms with Crippen molar-refractivity contribution in [3.63, 3.8) is 0 Å². The van der Waals surface area contributed by atoms with Gasteiger partial charge in [0.25, 0.3) is 0 Å². The van der Waals surface area contributed by atoms with E-state index in [2.05, 4.69) is 12.6 Å². The van der Waals surface area contributed by atoms with E-state index >= 15 is 0 Å². The molecule has 0 bridgehead atoms. The molecule has 2 N–H and O–H groups in total. The van der Waals surface area contributed by atoms with Crippen molar-refractivity contribution in [2.24, 2.45) is 0 Å². The van der Waals surface area contributed by atoms with Gasteiger partial charge in [-0.15, -0.1) is 24.2 Å². The van der Waals surface area contributed by atoms with Gasteiger partial charge in [0.2, 0.25) is 0 Å². The molecule has 17 heavy (non-hydrogen) atoms. The lowest BCUT2D eigenvalue weighted by Gasteiger charge is -2.12. The number of thiol groups is 1. The highest BCUT2D eigenvalue weighted by molar-refractivity contribution is 7.80. The first-order valence-corrected chi connectivity index (χ1v) is 5.61. The van der Waals surface area contributed by atoms with Gasteiger partial charge in [0, 0.05) is 10.5 Å². The van der Waals surface area contributed by atoms with Gasteiger partial charge in [-0.25, -0.2) is 4.79 Å². The van der Waals surface area contributed by atoms with E-state index in [1.165, 1.54) is 25.1 Å². The molecule has 0 aromatic heterocycles. The van der Waals surface area contributed by atoms with Crippen LogP contribution in [0.3, 0.4) is 0 Å². The van der Waals surface area contributed by atoms with Crippen LogP contribution in [0.15, 0.2) is 23.1 Å². The van der Waals surface area contributed by atoms with E-state index in [0.29, 0.717) is 5.56 Å². The molecular weight excluding hydrogens is 264 g/mol. The van der Waals surface area contributed by atoms with Crippen LogP contribution in [0.5, 0.6) is 0 Å². The number of ketones is 1. The van der Waals surface area contributed by atoms with Crippen molar-refractivity contribution in [1.82, 2.24) is 0 Å². The van der Waals surface area contributed by atoms with E-state index in [1.807, 2.05) is 0 Å². The number of Topliss-reactive ketones (excluding diaryl/α,β-unsaturated/α-hetero) is 1. The van der Waals surface area contributed by atoms with Crippen LogP contribution in [0.25, 0.3) is 0 Å². The number of aliphatic hydroxyl groups is 1. The fourth-order valence-electron chi connectivity index (χ4n) is 1.32. The molecule has 0 spiro atoms. The van der Waals surface area contributed by atoms with E-state index in [0.717, 1.165) is 0 Å². The molecule has 0 aliphatic carbocycles. The molecule has 92 valence electrons. The van der Waals surface area contributed by atoms with Crippen molar-refractivity contribution < 1.29 is 19.8 Å². The van der Waals surface area contributed by atoms with Crippen LogP contribution in [0.2, 0.25) is 0 Å². The highest BCUT2D eigenvalue weighted by Crippen LogP contribution is 2.28. The number of aliphatic hydroxyl groups excluding tert-OH is 1. The second kappa shape index (κ2) is 5.53. The zero-order chi connectivity index (χ0) is 13.2. The smallest absolute Gasteiger partial charge is 0.337 e. The normalized spacial score (nSPS) is 14.1. The van der Waals surface area contributed by atoms with Crippen molar-refractivity contribution >= 4 is 36.0 Å². The summed E-state index contributed by atoms with van der Waals surface area (Å²) < 4.78 is 0. The van der Waals surface area contributed by atoms with Gasteiger partial charge in [-0.1, -0.05) is 12.1 Å². The molecule has 1 aromatic rings. The predicted octanol–water partition coefficient (Wildman–Crippen LogP) is 1.96. The van der Waals surface area contributed by atoms with Gasteiger partial charge in [0.1, 0.15) is 5.38 Å². The summed E-state index contributed by atoms with van der Waals surface area (Å²) in [5.74, 6) is -1.58. The van der Waals surface area contributed by atoms with Crippen molar-refractivity contribution in [2.45, 2.75) is 23.3 Å². The molecular formula is C11H11ClO4S. The van der Waals surface area contributed by atoms with Crippen LogP contribution in [-0.2, 0) is 9.59 Å². The Kier molecular flexibility index (Phi) is 4.56. The SMILES string of the molecule is CC(=O)C(Cl)c1ccc(C(O)C(=O)O)c(S)c1. The Morgan fingerprint density at radius 1 is 1.41 bits per heavy atom. The summed E-state index contributed by atoms with van der Waals surface area (Å²) in [5.41, 5.74) is 0.683. The number of alkyl halides is 1. The Labute approximate surface area is 109 Å². The molecule has 0 amide bonds. The zero-order valence-corrected chi connectivity index (χ0v) is 10.6. The number of rotatable bonds is 4. The van der Waals surface area contributed by atoms with Gasteiger partial charge in [-0.2, -0.15) is 0 Å². The summed E-state index contributed by atoms with van der Waals surface area (Å²) in [6.07, 6.45) is -1.64. The summed E-state index contributed by atoms with van der Waals surface area (Å²) in [5, 5.41) is 17.2. The molecule has 4 nitrogen and oxygen atoms in total. The average Bonchev–Trinajstić information content (AvgIpc) is 2.26. The molecule has 0 aliphatic rings. The van der Waals surface area contributed by atoms with Crippen LogP contribution < -0.4 is 0 Å². The maximum Gasteiger partial charge on any atom is 0.337 e. The summed E-state index contributed by atoms with van der Waals surface area (Å²) in [4.78, 5) is 22.0. The van der Waals surface area contributed by atoms with Crippen LogP contribution in [-0.4, -0.2) is 22.0 Å². The average molecular weight is 275 g/mol. The highest BCUT2D eigenvalue weighted by atomic mass is 35.5. The third kappa shape index (κ3) is 3.21. The first-order chi connectivity index (χ1) is 7.84. The molecule has 0 aliphatic heterocycles. The highest BCUT2D eigenvalue weighted by Gasteiger charge is 2.20. The minimum absolute atomic E-state index is 0.164.